The number of hydrogen-bond donors (Lipinski definition) is 2. The molecule has 2 N–H and O–H groups in total. The van der Waals surface area contributed by atoms with Gasteiger partial charge in [0.2, 0.25) is 0 Å². The van der Waals surface area contributed by atoms with E-state index < -0.39 is 10.0 Å². The molecule has 0 aromatic heterocycles. The van der Waals surface area contributed by atoms with Gasteiger partial charge in [0, 0.05) is 6.54 Å². The number of aryl methyl sites for hydroxylation is 1. The number of benzene rings is 1. The molecule has 0 aliphatic rings. The second kappa shape index (κ2) is 7.13. The fourth-order valence-corrected chi connectivity index (χ4v) is 2.04. The fraction of sp³-hybridized carbons (Fsp3) is 0.417. The Hall–Kier alpha value is -1.40. The monoisotopic (exact) mass is 269 g/mol. The number of nitrogens with one attached hydrogen (secondary N) is 2. The summed E-state index contributed by atoms with van der Waals surface area (Å²) in [5, 5.41) is 0. The summed E-state index contributed by atoms with van der Waals surface area (Å²) in [7, 11) is -3.60. The summed E-state index contributed by atoms with van der Waals surface area (Å²) >= 11 is 0. The minimum absolute atomic E-state index is 0.194. The molecule has 0 radical (unpaired) electrons. The second-order valence-corrected chi connectivity index (χ2v) is 5.58. The van der Waals surface area contributed by atoms with Gasteiger partial charge in [0.05, 0.1) is 4.90 Å². The first-order valence-electron chi connectivity index (χ1n) is 5.90. The lowest BCUT2D eigenvalue weighted by molar-refractivity contribution is 0.596. The van der Waals surface area contributed by atoms with Crippen LogP contribution in [0.3, 0.4) is 0 Å². The lowest BCUT2D eigenvalue weighted by Gasteiger charge is -2.02. The fourth-order valence-electron chi connectivity index (χ4n) is 1.25. The zero-order chi connectivity index (χ0) is 13.4. The molecule has 0 aliphatic carbocycles. The number of nitrogens with zero attached hydrogens (tertiary/aromatic N) is 1. The highest BCUT2D eigenvalue weighted by molar-refractivity contribution is 7.90. The molecule has 1 rings (SSSR count). The van der Waals surface area contributed by atoms with Crippen LogP contribution in [-0.2, 0) is 10.0 Å². The summed E-state index contributed by atoms with van der Waals surface area (Å²) in [6, 6.07) is 6.59. The first-order valence-corrected chi connectivity index (χ1v) is 7.34. The van der Waals surface area contributed by atoms with E-state index in [1.165, 1.54) is 0 Å². The number of hydrazine groups is 1. The van der Waals surface area contributed by atoms with Gasteiger partial charge in [-0.2, -0.15) is 8.42 Å². The van der Waals surface area contributed by atoms with Crippen LogP contribution in [0.1, 0.15) is 25.3 Å². The van der Waals surface area contributed by atoms with Gasteiger partial charge in [-0.1, -0.05) is 31.0 Å². The molecule has 0 saturated heterocycles. The highest BCUT2D eigenvalue weighted by atomic mass is 32.2. The Bertz CT molecular complexity index is 481. The van der Waals surface area contributed by atoms with Crippen LogP contribution in [0, 0.1) is 6.92 Å². The molecule has 1 aromatic carbocycles. The largest absolute Gasteiger partial charge is 0.311 e. The number of sulfonamides is 1. The van der Waals surface area contributed by atoms with Crippen LogP contribution in [0.4, 0.5) is 0 Å². The minimum atomic E-state index is -3.60. The molecule has 6 heteroatoms. The number of rotatable bonds is 7. The van der Waals surface area contributed by atoms with E-state index in [4.69, 9.17) is 0 Å². The van der Waals surface area contributed by atoms with Crippen molar-refractivity contribution < 1.29 is 8.42 Å². The molecule has 0 heterocycles. The van der Waals surface area contributed by atoms with Crippen LogP contribution in [0.5, 0.6) is 0 Å². The Kier molecular flexibility index (Phi) is 5.80. The molecule has 5 nitrogen and oxygen atoms in total. The maximum atomic E-state index is 11.8. The molecule has 0 saturated carbocycles. The van der Waals surface area contributed by atoms with Crippen LogP contribution in [0.25, 0.3) is 0 Å². The Labute approximate surface area is 108 Å². The van der Waals surface area contributed by atoms with Crippen molar-refractivity contribution in [1.29, 1.82) is 0 Å². The SMILES string of the molecule is CCCCNN/C=N/S(=O)(=O)c1ccc(C)cc1. The van der Waals surface area contributed by atoms with E-state index in [0.29, 0.717) is 0 Å². The average molecular weight is 269 g/mol. The van der Waals surface area contributed by atoms with E-state index in [1.54, 1.807) is 24.3 Å². The summed E-state index contributed by atoms with van der Waals surface area (Å²) in [6.45, 7) is 4.75. The summed E-state index contributed by atoms with van der Waals surface area (Å²) in [4.78, 5) is 0.194. The number of unbranched alkanes of at least 4 members (excludes halogenated alkanes) is 1. The van der Waals surface area contributed by atoms with Gasteiger partial charge < -0.3 is 5.43 Å². The van der Waals surface area contributed by atoms with Crippen molar-refractivity contribution in [2.45, 2.75) is 31.6 Å². The maximum Gasteiger partial charge on any atom is 0.283 e. The Balaban J connectivity index is 2.54. The van der Waals surface area contributed by atoms with Crippen LogP contribution in [0.2, 0.25) is 0 Å². The van der Waals surface area contributed by atoms with Crippen LogP contribution in [0.15, 0.2) is 33.6 Å². The van der Waals surface area contributed by atoms with Crippen LogP contribution in [-0.4, -0.2) is 21.3 Å². The Morgan fingerprint density at radius 3 is 2.56 bits per heavy atom. The van der Waals surface area contributed by atoms with E-state index in [1.807, 2.05) is 6.92 Å². The smallest absolute Gasteiger partial charge is 0.283 e. The van der Waals surface area contributed by atoms with E-state index in [2.05, 4.69) is 22.2 Å². The third-order valence-corrected chi connectivity index (χ3v) is 3.58. The highest BCUT2D eigenvalue weighted by Gasteiger charge is 2.10. The predicted molar refractivity (Wildman–Crippen MR) is 72.9 cm³/mol. The molecule has 0 bridgehead atoms. The molecular formula is C12H19N3O2S. The standard InChI is InChI=1S/C12H19N3O2S/c1-3-4-9-13-14-10-15-18(16,17)12-7-5-11(2)6-8-12/h5-8,10,13H,3-4,9H2,1-2H3,(H,14,15). The van der Waals surface area contributed by atoms with Gasteiger partial charge in [0.15, 0.2) is 0 Å². The Morgan fingerprint density at radius 1 is 1.28 bits per heavy atom. The van der Waals surface area contributed by atoms with Crippen molar-refractivity contribution in [2.24, 2.45) is 4.40 Å². The summed E-state index contributed by atoms with van der Waals surface area (Å²) in [5.74, 6) is 0. The average Bonchev–Trinajstić information content (AvgIpc) is 2.34. The molecule has 0 fully saturated rings. The lowest BCUT2D eigenvalue weighted by Crippen LogP contribution is -2.31. The maximum absolute atomic E-state index is 11.8. The van der Waals surface area contributed by atoms with Gasteiger partial charge in [0.1, 0.15) is 6.34 Å². The molecule has 0 atom stereocenters. The topological polar surface area (TPSA) is 70.6 Å². The lowest BCUT2D eigenvalue weighted by atomic mass is 10.2. The zero-order valence-electron chi connectivity index (χ0n) is 10.7. The summed E-state index contributed by atoms with van der Waals surface area (Å²) in [5.41, 5.74) is 6.50. The molecule has 0 amide bonds. The van der Waals surface area contributed by atoms with E-state index in [0.717, 1.165) is 31.3 Å². The minimum Gasteiger partial charge on any atom is -0.311 e. The number of hydrogen-bond acceptors (Lipinski definition) is 3. The first-order chi connectivity index (χ1) is 8.56. The Morgan fingerprint density at radius 2 is 1.94 bits per heavy atom. The quantitative estimate of drug-likeness (QED) is 0.341. The molecule has 18 heavy (non-hydrogen) atoms. The van der Waals surface area contributed by atoms with Gasteiger partial charge in [-0.25, -0.2) is 5.43 Å². The van der Waals surface area contributed by atoms with Crippen LogP contribution < -0.4 is 10.9 Å². The molecule has 0 unspecified atom stereocenters. The van der Waals surface area contributed by atoms with E-state index >= 15 is 0 Å². The summed E-state index contributed by atoms with van der Waals surface area (Å²) < 4.78 is 27.1. The van der Waals surface area contributed by atoms with Gasteiger partial charge in [-0.3, -0.25) is 0 Å². The van der Waals surface area contributed by atoms with Gasteiger partial charge >= 0.3 is 0 Å². The van der Waals surface area contributed by atoms with Crippen LogP contribution >= 0.6 is 0 Å². The zero-order valence-corrected chi connectivity index (χ0v) is 11.5. The van der Waals surface area contributed by atoms with Gasteiger partial charge in [-0.15, -0.1) is 4.40 Å². The normalized spacial score (nSPS) is 11.9. The van der Waals surface area contributed by atoms with Gasteiger partial charge in [-0.05, 0) is 25.5 Å². The third kappa shape index (κ3) is 4.85. The third-order valence-electron chi connectivity index (χ3n) is 2.33. The van der Waals surface area contributed by atoms with Crippen molar-refractivity contribution >= 4 is 16.4 Å². The van der Waals surface area contributed by atoms with Crippen molar-refractivity contribution in [3.8, 4) is 0 Å². The molecule has 1 aromatic rings. The molecule has 0 aliphatic heterocycles. The van der Waals surface area contributed by atoms with Gasteiger partial charge in [0.25, 0.3) is 10.0 Å². The highest BCUT2D eigenvalue weighted by Crippen LogP contribution is 2.12. The van der Waals surface area contributed by atoms with Crippen molar-refractivity contribution in [3.05, 3.63) is 29.8 Å². The molecule has 0 spiro atoms. The van der Waals surface area contributed by atoms with E-state index in [9.17, 15) is 8.42 Å². The molecular weight excluding hydrogens is 250 g/mol. The molecule has 100 valence electrons. The first kappa shape index (κ1) is 14.7. The van der Waals surface area contributed by atoms with Crippen molar-refractivity contribution in [2.75, 3.05) is 6.54 Å². The van der Waals surface area contributed by atoms with Crippen molar-refractivity contribution in [3.63, 3.8) is 0 Å². The van der Waals surface area contributed by atoms with Crippen molar-refractivity contribution in [1.82, 2.24) is 10.9 Å². The second-order valence-electron chi connectivity index (χ2n) is 3.95. The summed E-state index contributed by atoms with van der Waals surface area (Å²) in [6.07, 6.45) is 3.25. The predicted octanol–water partition coefficient (Wildman–Crippen LogP) is 1.61. The van der Waals surface area contributed by atoms with E-state index in [-0.39, 0.29) is 4.90 Å².